The maximum Gasteiger partial charge on any atom is 0.261 e. The molecule has 2 aromatic carbocycles. The summed E-state index contributed by atoms with van der Waals surface area (Å²) in [5, 5.41) is 9.73. The maximum atomic E-state index is 14.2. The lowest BCUT2D eigenvalue weighted by molar-refractivity contribution is -0.120. The number of hydrogen-bond acceptors (Lipinski definition) is 3. The number of ether oxygens (including phenoxy) is 1. The minimum atomic E-state index is -2.80. The highest BCUT2D eigenvalue weighted by Gasteiger charge is 2.45. The van der Waals surface area contributed by atoms with Crippen LogP contribution in [0.15, 0.2) is 54.6 Å². The second-order valence-electron chi connectivity index (χ2n) is 6.61. The van der Waals surface area contributed by atoms with Gasteiger partial charge in [0.2, 0.25) is 0 Å². The fraction of sp³-hybridized carbons (Fsp3) is 0.400. The van der Waals surface area contributed by atoms with Crippen LogP contribution in [-0.2, 0) is 6.54 Å². The third-order valence-electron chi connectivity index (χ3n) is 4.76. The van der Waals surface area contributed by atoms with Gasteiger partial charge >= 0.3 is 0 Å². The van der Waals surface area contributed by atoms with E-state index in [4.69, 9.17) is 4.74 Å². The van der Waals surface area contributed by atoms with Crippen molar-refractivity contribution in [3.8, 4) is 5.75 Å². The Hall–Kier alpha value is -1.98. The summed E-state index contributed by atoms with van der Waals surface area (Å²) >= 11 is 0. The molecular formula is C20H23F2NO2. The Kier molecular flexibility index (Phi) is 5.35. The van der Waals surface area contributed by atoms with E-state index in [1.807, 2.05) is 54.6 Å². The van der Waals surface area contributed by atoms with Crippen molar-refractivity contribution >= 4 is 0 Å². The Balaban J connectivity index is 1.90. The zero-order chi connectivity index (χ0) is 17.9. The molecule has 1 aliphatic heterocycles. The molecule has 3 nitrogen and oxygen atoms in total. The molecule has 0 spiro atoms. The summed E-state index contributed by atoms with van der Waals surface area (Å²) in [6, 6.07) is 16.8. The van der Waals surface area contributed by atoms with Crippen LogP contribution in [0.3, 0.4) is 0 Å². The number of alkyl halides is 2. The van der Waals surface area contributed by atoms with Crippen molar-refractivity contribution in [1.82, 2.24) is 4.90 Å². The number of aliphatic hydroxyl groups is 1. The molecule has 25 heavy (non-hydrogen) atoms. The second kappa shape index (κ2) is 7.50. The predicted molar refractivity (Wildman–Crippen MR) is 92.7 cm³/mol. The molecule has 134 valence electrons. The number of aliphatic hydroxyl groups excluding tert-OH is 1. The smallest absolute Gasteiger partial charge is 0.261 e. The Labute approximate surface area is 146 Å². The van der Waals surface area contributed by atoms with Gasteiger partial charge in [0, 0.05) is 31.5 Å². The van der Waals surface area contributed by atoms with Crippen molar-refractivity contribution in [2.45, 2.75) is 24.9 Å². The van der Waals surface area contributed by atoms with Gasteiger partial charge in [0.1, 0.15) is 5.75 Å². The standard InChI is InChI=1S/C20H23F2NO2/c1-25-18-9-7-15(8-10-18)12-23-14-20(21,22)11-17(13-24)19(23)16-5-3-2-4-6-16/h2-10,17,19,24H,11-14H2,1H3/t17-,19-/m0/s1. The van der Waals surface area contributed by atoms with Gasteiger partial charge in [-0.05, 0) is 23.3 Å². The summed E-state index contributed by atoms with van der Waals surface area (Å²) in [4.78, 5) is 1.78. The van der Waals surface area contributed by atoms with Crippen LogP contribution in [0.4, 0.5) is 8.78 Å². The van der Waals surface area contributed by atoms with Crippen molar-refractivity contribution in [3.63, 3.8) is 0 Å². The van der Waals surface area contributed by atoms with Gasteiger partial charge < -0.3 is 9.84 Å². The van der Waals surface area contributed by atoms with E-state index >= 15 is 0 Å². The number of benzene rings is 2. The Morgan fingerprint density at radius 3 is 2.40 bits per heavy atom. The summed E-state index contributed by atoms with van der Waals surface area (Å²) in [5.74, 6) is -2.56. The maximum absolute atomic E-state index is 14.2. The molecule has 2 aromatic rings. The van der Waals surface area contributed by atoms with Gasteiger partial charge in [-0.2, -0.15) is 0 Å². The Morgan fingerprint density at radius 2 is 1.80 bits per heavy atom. The molecule has 5 heteroatoms. The molecule has 0 saturated carbocycles. The average Bonchev–Trinajstić information content (AvgIpc) is 2.62. The van der Waals surface area contributed by atoms with Crippen LogP contribution in [0, 0.1) is 5.92 Å². The number of rotatable bonds is 5. The number of methoxy groups -OCH3 is 1. The summed E-state index contributed by atoms with van der Waals surface area (Å²) < 4.78 is 33.6. The molecule has 0 aliphatic carbocycles. The molecule has 1 N–H and O–H groups in total. The van der Waals surface area contributed by atoms with Crippen molar-refractivity contribution < 1.29 is 18.6 Å². The average molecular weight is 347 g/mol. The van der Waals surface area contributed by atoms with Crippen LogP contribution in [0.25, 0.3) is 0 Å². The molecule has 1 heterocycles. The van der Waals surface area contributed by atoms with Crippen molar-refractivity contribution in [1.29, 1.82) is 0 Å². The fourth-order valence-corrected chi connectivity index (χ4v) is 3.67. The van der Waals surface area contributed by atoms with Crippen molar-refractivity contribution in [2.75, 3.05) is 20.3 Å². The molecule has 2 atom stereocenters. The number of halogens is 2. The third-order valence-corrected chi connectivity index (χ3v) is 4.76. The number of hydrogen-bond donors (Lipinski definition) is 1. The normalized spacial score (nSPS) is 23.4. The number of nitrogens with zero attached hydrogens (tertiary/aromatic N) is 1. The van der Waals surface area contributed by atoms with Gasteiger partial charge in [-0.1, -0.05) is 42.5 Å². The van der Waals surface area contributed by atoms with E-state index in [1.165, 1.54) is 0 Å². The fourth-order valence-electron chi connectivity index (χ4n) is 3.67. The SMILES string of the molecule is COc1ccc(CN2CC(F)(F)C[C@@H](CO)[C@@H]2c2ccccc2)cc1. The van der Waals surface area contributed by atoms with Gasteiger partial charge in [-0.25, -0.2) is 8.78 Å². The number of likely N-dealkylation sites (tertiary alicyclic amines) is 1. The van der Waals surface area contributed by atoms with Gasteiger partial charge in [0.05, 0.1) is 13.7 Å². The topological polar surface area (TPSA) is 32.7 Å². The van der Waals surface area contributed by atoms with E-state index in [2.05, 4.69) is 0 Å². The monoisotopic (exact) mass is 347 g/mol. The minimum absolute atomic E-state index is 0.229. The van der Waals surface area contributed by atoms with E-state index in [1.54, 1.807) is 12.0 Å². The highest BCUT2D eigenvalue weighted by molar-refractivity contribution is 5.28. The quantitative estimate of drug-likeness (QED) is 0.891. The molecule has 3 rings (SSSR count). The van der Waals surface area contributed by atoms with Crippen LogP contribution in [0.2, 0.25) is 0 Å². The molecule has 0 amide bonds. The predicted octanol–water partition coefficient (Wildman–Crippen LogP) is 3.89. The van der Waals surface area contributed by atoms with Crippen LogP contribution in [0.5, 0.6) is 5.75 Å². The zero-order valence-corrected chi connectivity index (χ0v) is 14.2. The summed E-state index contributed by atoms with van der Waals surface area (Å²) in [6.45, 7) is -0.168. The first-order chi connectivity index (χ1) is 12.0. The van der Waals surface area contributed by atoms with Crippen LogP contribution >= 0.6 is 0 Å². The summed E-state index contributed by atoms with van der Waals surface area (Å²) in [7, 11) is 1.59. The molecule has 1 fully saturated rings. The largest absolute Gasteiger partial charge is 0.497 e. The van der Waals surface area contributed by atoms with Gasteiger partial charge in [0.15, 0.2) is 0 Å². The molecule has 0 aromatic heterocycles. The lowest BCUT2D eigenvalue weighted by Gasteiger charge is -2.44. The molecule has 0 bridgehead atoms. The van der Waals surface area contributed by atoms with Crippen molar-refractivity contribution in [2.24, 2.45) is 5.92 Å². The Morgan fingerprint density at radius 1 is 1.12 bits per heavy atom. The first kappa shape index (κ1) is 17.8. The zero-order valence-electron chi connectivity index (χ0n) is 14.2. The van der Waals surface area contributed by atoms with E-state index < -0.39 is 11.8 Å². The van der Waals surface area contributed by atoms with Gasteiger partial charge in [-0.15, -0.1) is 0 Å². The van der Waals surface area contributed by atoms with Gasteiger partial charge in [-0.3, -0.25) is 4.90 Å². The van der Waals surface area contributed by atoms with Crippen LogP contribution < -0.4 is 4.74 Å². The lowest BCUT2D eigenvalue weighted by Crippen LogP contribution is -2.49. The summed E-state index contributed by atoms with van der Waals surface area (Å²) in [5.41, 5.74) is 1.90. The van der Waals surface area contributed by atoms with E-state index in [0.29, 0.717) is 6.54 Å². The van der Waals surface area contributed by atoms with E-state index in [0.717, 1.165) is 16.9 Å². The first-order valence-corrected chi connectivity index (χ1v) is 8.43. The Bertz CT molecular complexity index is 676. The first-order valence-electron chi connectivity index (χ1n) is 8.43. The molecule has 0 unspecified atom stereocenters. The molecule has 0 radical (unpaired) electrons. The van der Waals surface area contributed by atoms with E-state index in [9.17, 15) is 13.9 Å². The number of piperidine rings is 1. The highest BCUT2D eigenvalue weighted by atomic mass is 19.3. The van der Waals surface area contributed by atoms with Crippen LogP contribution in [0.1, 0.15) is 23.6 Å². The van der Waals surface area contributed by atoms with Crippen LogP contribution in [-0.4, -0.2) is 36.2 Å². The second-order valence-corrected chi connectivity index (χ2v) is 6.61. The summed E-state index contributed by atoms with van der Waals surface area (Å²) in [6.07, 6.45) is -0.290. The minimum Gasteiger partial charge on any atom is -0.497 e. The highest BCUT2D eigenvalue weighted by Crippen LogP contribution is 2.42. The molecular weight excluding hydrogens is 324 g/mol. The van der Waals surface area contributed by atoms with E-state index in [-0.39, 0.29) is 25.6 Å². The van der Waals surface area contributed by atoms with Gasteiger partial charge in [0.25, 0.3) is 5.92 Å². The third kappa shape index (κ3) is 4.17. The molecule has 1 aliphatic rings. The van der Waals surface area contributed by atoms with Crippen molar-refractivity contribution in [3.05, 3.63) is 65.7 Å². The molecule has 1 saturated heterocycles. The lowest BCUT2D eigenvalue weighted by atomic mass is 9.83.